The molecule has 8 nitrogen and oxygen atoms in total. The molecule has 27 heavy (non-hydrogen) atoms. The third kappa shape index (κ3) is 5.81. The van der Waals surface area contributed by atoms with Gasteiger partial charge in [0.1, 0.15) is 0 Å². The number of amides is 1. The predicted octanol–water partition coefficient (Wildman–Crippen LogP) is 2.81. The van der Waals surface area contributed by atoms with E-state index < -0.39 is 22.8 Å². The fourth-order valence-corrected chi connectivity index (χ4v) is 2.66. The van der Waals surface area contributed by atoms with Crippen LogP contribution in [0.2, 0.25) is 0 Å². The molecule has 0 aromatic heterocycles. The van der Waals surface area contributed by atoms with E-state index >= 15 is 0 Å². The number of nitrogens with zero attached hydrogens (tertiary/aromatic N) is 1. The molecule has 0 fully saturated rings. The second kappa shape index (κ2) is 9.33. The lowest BCUT2D eigenvalue weighted by Gasteiger charge is -2.18. The number of nitrogens with one attached hydrogen (secondary N) is 1. The minimum Gasteiger partial charge on any atom is -0.490 e. The number of carbonyl (C=O) groups is 2. The van der Waals surface area contributed by atoms with Gasteiger partial charge in [0.25, 0.3) is 5.91 Å². The number of hydrogen-bond acceptors (Lipinski definition) is 5. The van der Waals surface area contributed by atoms with Gasteiger partial charge in [0, 0.05) is 30.2 Å². The second-order valence-electron chi connectivity index (χ2n) is 5.94. The average molecular weight is 372 g/mol. The number of aliphatic carboxylic acids is 1. The highest BCUT2D eigenvalue weighted by Crippen LogP contribution is 2.27. The monoisotopic (exact) mass is 372 g/mol. The van der Waals surface area contributed by atoms with E-state index in [4.69, 9.17) is 9.84 Å². The highest BCUT2D eigenvalue weighted by atomic mass is 16.6. The van der Waals surface area contributed by atoms with Crippen LogP contribution >= 0.6 is 0 Å². The largest absolute Gasteiger partial charge is 0.490 e. The molecule has 0 heterocycles. The lowest BCUT2D eigenvalue weighted by molar-refractivity contribution is -0.385. The molecule has 2 rings (SSSR count). The molecule has 0 radical (unpaired) electrons. The first-order valence-electron chi connectivity index (χ1n) is 8.29. The SMILES string of the molecule is COc1cc(C(=O)NC(CCC(=O)O)Cc2ccccc2)ccc1[N+](=O)[O-]. The molecule has 0 spiro atoms. The second-order valence-corrected chi connectivity index (χ2v) is 5.94. The fraction of sp³-hybridized carbons (Fsp3) is 0.263. The third-order valence-electron chi connectivity index (χ3n) is 4.01. The minimum atomic E-state index is -0.945. The first-order valence-corrected chi connectivity index (χ1v) is 8.29. The van der Waals surface area contributed by atoms with Crippen molar-refractivity contribution in [3.8, 4) is 5.75 Å². The van der Waals surface area contributed by atoms with E-state index in [-0.39, 0.29) is 29.8 Å². The van der Waals surface area contributed by atoms with Gasteiger partial charge in [-0.1, -0.05) is 30.3 Å². The number of methoxy groups -OCH3 is 1. The van der Waals surface area contributed by atoms with Gasteiger partial charge in [0.05, 0.1) is 12.0 Å². The summed E-state index contributed by atoms with van der Waals surface area (Å²) in [5, 5.41) is 22.7. The van der Waals surface area contributed by atoms with Gasteiger partial charge in [-0.25, -0.2) is 0 Å². The maximum Gasteiger partial charge on any atom is 0.310 e. The molecule has 1 amide bonds. The van der Waals surface area contributed by atoms with Crippen LogP contribution in [-0.4, -0.2) is 35.1 Å². The standard InChI is InChI=1S/C19H20N2O6/c1-27-17-12-14(7-9-16(17)21(25)26)19(24)20-15(8-10-18(22)23)11-13-5-3-2-4-6-13/h2-7,9,12,15H,8,10-11H2,1H3,(H,20,24)(H,22,23). The molecule has 0 bridgehead atoms. The Balaban J connectivity index is 2.16. The zero-order valence-corrected chi connectivity index (χ0v) is 14.8. The van der Waals surface area contributed by atoms with Crippen molar-refractivity contribution in [1.82, 2.24) is 5.32 Å². The van der Waals surface area contributed by atoms with Crippen molar-refractivity contribution >= 4 is 17.6 Å². The normalized spacial score (nSPS) is 11.4. The van der Waals surface area contributed by atoms with Crippen LogP contribution in [0.15, 0.2) is 48.5 Å². The summed E-state index contributed by atoms with van der Waals surface area (Å²) in [5.74, 6) is -1.41. The lowest BCUT2D eigenvalue weighted by atomic mass is 10.0. The Hall–Kier alpha value is -3.42. The van der Waals surface area contributed by atoms with Crippen LogP contribution in [0.5, 0.6) is 5.75 Å². The summed E-state index contributed by atoms with van der Waals surface area (Å²) in [4.78, 5) is 33.8. The van der Waals surface area contributed by atoms with Crippen molar-refractivity contribution in [2.45, 2.75) is 25.3 Å². The number of carboxylic acid groups (broad SMARTS) is 1. The van der Waals surface area contributed by atoms with Crippen LogP contribution in [0.1, 0.15) is 28.8 Å². The summed E-state index contributed by atoms with van der Waals surface area (Å²) in [7, 11) is 1.29. The van der Waals surface area contributed by atoms with Crippen LogP contribution in [-0.2, 0) is 11.2 Å². The molecule has 0 aliphatic rings. The molecule has 142 valence electrons. The van der Waals surface area contributed by atoms with Crippen molar-refractivity contribution in [1.29, 1.82) is 0 Å². The minimum absolute atomic E-state index is 0.0159. The van der Waals surface area contributed by atoms with Crippen LogP contribution in [0.25, 0.3) is 0 Å². The summed E-state index contributed by atoms with van der Waals surface area (Å²) in [6, 6.07) is 12.9. The van der Waals surface area contributed by atoms with Gasteiger partial charge >= 0.3 is 11.7 Å². The molecule has 1 unspecified atom stereocenters. The van der Waals surface area contributed by atoms with Crippen LogP contribution in [0, 0.1) is 10.1 Å². The molecular weight excluding hydrogens is 352 g/mol. The van der Waals surface area contributed by atoms with Gasteiger partial charge in [-0.15, -0.1) is 0 Å². The molecule has 1 atom stereocenters. The highest BCUT2D eigenvalue weighted by molar-refractivity contribution is 5.95. The topological polar surface area (TPSA) is 119 Å². The van der Waals surface area contributed by atoms with E-state index in [1.54, 1.807) is 0 Å². The van der Waals surface area contributed by atoms with Crippen molar-refractivity contribution in [2.75, 3.05) is 7.11 Å². The van der Waals surface area contributed by atoms with E-state index in [0.29, 0.717) is 6.42 Å². The van der Waals surface area contributed by atoms with Crippen LogP contribution in [0.3, 0.4) is 0 Å². The smallest absolute Gasteiger partial charge is 0.310 e. The highest BCUT2D eigenvalue weighted by Gasteiger charge is 2.20. The van der Waals surface area contributed by atoms with Crippen LogP contribution in [0.4, 0.5) is 5.69 Å². The van der Waals surface area contributed by atoms with Gasteiger partial charge in [-0.3, -0.25) is 19.7 Å². The van der Waals surface area contributed by atoms with Crippen molar-refractivity contribution < 1.29 is 24.4 Å². The Labute approximate surface area is 155 Å². The van der Waals surface area contributed by atoms with Gasteiger partial charge in [0.15, 0.2) is 5.75 Å². The number of nitro benzene ring substituents is 1. The number of hydrogen-bond donors (Lipinski definition) is 2. The Kier molecular flexibility index (Phi) is 6.87. The quantitative estimate of drug-likeness (QED) is 0.516. The summed E-state index contributed by atoms with van der Waals surface area (Å²) in [5.41, 5.74) is 0.932. The number of carboxylic acids is 1. The van der Waals surface area contributed by atoms with Crippen molar-refractivity contribution in [3.63, 3.8) is 0 Å². The molecule has 8 heteroatoms. The first-order chi connectivity index (χ1) is 12.9. The zero-order chi connectivity index (χ0) is 19.8. The molecule has 2 aromatic carbocycles. The van der Waals surface area contributed by atoms with E-state index in [2.05, 4.69) is 5.32 Å². The third-order valence-corrected chi connectivity index (χ3v) is 4.01. The van der Waals surface area contributed by atoms with Crippen LogP contribution < -0.4 is 10.1 Å². The van der Waals surface area contributed by atoms with Crippen molar-refractivity contribution in [2.24, 2.45) is 0 Å². The Morgan fingerprint density at radius 2 is 1.93 bits per heavy atom. The Morgan fingerprint density at radius 3 is 2.52 bits per heavy atom. The fourth-order valence-electron chi connectivity index (χ4n) is 2.66. The number of ether oxygens (including phenoxy) is 1. The zero-order valence-electron chi connectivity index (χ0n) is 14.8. The Bertz CT molecular complexity index is 822. The van der Waals surface area contributed by atoms with E-state index in [1.165, 1.54) is 25.3 Å². The average Bonchev–Trinajstić information content (AvgIpc) is 2.66. The number of rotatable bonds is 9. The van der Waals surface area contributed by atoms with Gasteiger partial charge in [-0.05, 0) is 24.5 Å². The van der Waals surface area contributed by atoms with E-state index in [0.717, 1.165) is 5.56 Å². The Morgan fingerprint density at radius 1 is 1.22 bits per heavy atom. The number of carbonyl (C=O) groups excluding carboxylic acids is 1. The predicted molar refractivity (Wildman–Crippen MR) is 97.9 cm³/mol. The molecule has 2 N–H and O–H groups in total. The molecule has 0 saturated carbocycles. The molecule has 0 aliphatic heterocycles. The van der Waals surface area contributed by atoms with Crippen molar-refractivity contribution in [3.05, 3.63) is 69.8 Å². The molecule has 2 aromatic rings. The number of benzene rings is 2. The van der Waals surface area contributed by atoms with E-state index in [1.807, 2.05) is 30.3 Å². The maximum absolute atomic E-state index is 12.6. The van der Waals surface area contributed by atoms with Gasteiger partial charge in [0.2, 0.25) is 0 Å². The summed E-state index contributed by atoms with van der Waals surface area (Å²) in [6.45, 7) is 0. The van der Waals surface area contributed by atoms with Gasteiger partial charge in [-0.2, -0.15) is 0 Å². The summed E-state index contributed by atoms with van der Waals surface area (Å²) < 4.78 is 4.98. The molecule has 0 saturated heterocycles. The number of nitro groups is 1. The van der Waals surface area contributed by atoms with Gasteiger partial charge < -0.3 is 15.2 Å². The maximum atomic E-state index is 12.6. The summed E-state index contributed by atoms with van der Waals surface area (Å²) >= 11 is 0. The molecule has 0 aliphatic carbocycles. The molecular formula is C19H20N2O6. The lowest BCUT2D eigenvalue weighted by Crippen LogP contribution is -2.37. The summed E-state index contributed by atoms with van der Waals surface area (Å²) in [6.07, 6.45) is 0.658. The van der Waals surface area contributed by atoms with E-state index in [9.17, 15) is 19.7 Å². The first kappa shape index (κ1) is 19.9.